The van der Waals surface area contributed by atoms with Gasteiger partial charge in [0.25, 0.3) is 0 Å². The van der Waals surface area contributed by atoms with Crippen molar-refractivity contribution in [2.75, 3.05) is 0 Å². The normalized spacial score (nSPS) is 12.9. The summed E-state index contributed by atoms with van der Waals surface area (Å²) in [5.74, 6) is 0. The molecule has 0 saturated carbocycles. The van der Waals surface area contributed by atoms with E-state index in [1.165, 1.54) is 164 Å². The van der Waals surface area contributed by atoms with Gasteiger partial charge < -0.3 is 27.4 Å². The lowest BCUT2D eigenvalue weighted by Crippen LogP contribution is -2.26. The molecule has 0 atom stereocenters. The van der Waals surface area contributed by atoms with Gasteiger partial charge in [-0.2, -0.15) is 0 Å². The van der Waals surface area contributed by atoms with Crippen LogP contribution in [0, 0.1) is 0 Å². The van der Waals surface area contributed by atoms with Crippen molar-refractivity contribution >= 4 is 131 Å². The third-order valence-electron chi connectivity index (χ3n) is 25.8. The second-order valence-corrected chi connectivity index (χ2v) is 31.4. The molecule has 2 aliphatic carbocycles. The van der Waals surface area contributed by atoms with Gasteiger partial charge in [0.15, 0.2) is 0 Å². The maximum absolute atomic E-state index is 2.54. The Morgan fingerprint density at radius 2 is 0.426 bits per heavy atom. The summed E-state index contributed by atoms with van der Waals surface area (Å²) in [6.45, 7) is 0. The molecule has 0 amide bonds. The fraction of sp³-hybridized carbons (Fsp3) is 0.00917. The van der Waals surface area contributed by atoms with Gasteiger partial charge in [-0.1, -0.05) is 255 Å². The molecule has 0 radical (unpaired) electrons. The van der Waals surface area contributed by atoms with E-state index in [0.717, 1.165) is 67.3 Å². The van der Waals surface area contributed by atoms with Crippen LogP contribution in [0.2, 0.25) is 0 Å². The van der Waals surface area contributed by atoms with Gasteiger partial charge in [-0.05, 0) is 212 Å². The van der Waals surface area contributed by atoms with E-state index >= 15 is 0 Å². The zero-order chi connectivity index (χ0) is 74.9. The average Bonchev–Trinajstić information content (AvgIpc) is 1.50. The zero-order valence-corrected chi connectivity index (χ0v) is 62.3. The molecule has 532 valence electrons. The number of aromatic nitrogens is 6. The third-order valence-corrected chi connectivity index (χ3v) is 25.8. The number of fused-ring (bicyclic) bond motifs is 28. The molecular formula is C109H66N6. The summed E-state index contributed by atoms with van der Waals surface area (Å²) in [6.07, 6.45) is 0. The van der Waals surface area contributed by atoms with Crippen molar-refractivity contribution in [3.63, 3.8) is 0 Å². The van der Waals surface area contributed by atoms with Crippen molar-refractivity contribution in [1.29, 1.82) is 0 Å². The number of nitrogens with zero attached hydrogens (tertiary/aromatic N) is 6. The Kier molecular flexibility index (Phi) is 12.7. The SMILES string of the molecule is c1cc(-n2c3ccccc3c3cc(-c4cccc5c4-c4ccccc4C54c5cc(-n6c7ccccc7c7ccccc76)ccc5-c5ccc(-n6c7ccccc7c7ccccc76)cc54)ccc32)cc(-n2c3ccccc3c3ccc(-c4ccc5c6ccccc6n(-c6ccc(-n7c8ccccc8c8ccccc87)cc6)c5c4)cc32)c1. The summed E-state index contributed by atoms with van der Waals surface area (Å²) >= 11 is 0. The Morgan fingerprint density at radius 1 is 0.139 bits per heavy atom. The maximum atomic E-state index is 2.54. The lowest BCUT2D eigenvalue weighted by atomic mass is 9.70. The molecule has 6 heterocycles. The standard InChI is InChI=1S/C109H66N6/c1-11-36-92-90(34-1)108-76(35-22-37-93(108)109(92)94-65-74(113-99-41-15-4-27-81(99)82-28-5-16-42-100(82)113)54-58-77(94)78-59-55-75(66-95(78)109)114-101-43-17-6-29-83(101)84-30-7-18-44-102(84)114)69-49-60-105-91(61-69)87-33-10-20-46-104(87)112(105)72-23-21-24-73(64-72)115-103-45-19-9-32-86(103)89-57-48-68(63-107(89)115)67-47-56-88-85-31-8-14-40-98(85)111(106(88)62-67)71-52-50-70(51-53-71)110-96-38-12-2-25-79(96)80-26-3-13-39-97(80)110/h1-66H. The topological polar surface area (TPSA) is 29.6 Å². The van der Waals surface area contributed by atoms with E-state index in [1.54, 1.807) is 0 Å². The van der Waals surface area contributed by atoms with Crippen molar-refractivity contribution in [3.8, 4) is 78.6 Å². The van der Waals surface area contributed by atoms with Gasteiger partial charge in [-0.3, -0.25) is 0 Å². The molecule has 2 aliphatic rings. The van der Waals surface area contributed by atoms with Crippen LogP contribution in [0.4, 0.5) is 0 Å². The quantitative estimate of drug-likeness (QED) is 0.145. The van der Waals surface area contributed by atoms with E-state index in [9.17, 15) is 0 Å². The predicted octanol–water partition coefficient (Wildman–Crippen LogP) is 27.9. The van der Waals surface area contributed by atoms with Gasteiger partial charge in [0.05, 0.1) is 71.6 Å². The predicted molar refractivity (Wildman–Crippen MR) is 480 cm³/mol. The number of hydrogen-bond donors (Lipinski definition) is 0. The minimum Gasteiger partial charge on any atom is -0.309 e. The first-order chi connectivity index (χ1) is 57.1. The molecule has 24 aromatic rings. The molecule has 18 aromatic carbocycles. The first-order valence-corrected chi connectivity index (χ1v) is 39.9. The minimum atomic E-state index is -0.693. The Morgan fingerprint density at radius 3 is 0.843 bits per heavy atom. The van der Waals surface area contributed by atoms with E-state index < -0.39 is 5.41 Å². The number of rotatable bonds is 8. The van der Waals surface area contributed by atoms with E-state index in [2.05, 4.69) is 428 Å². The Hall–Kier alpha value is -15.2. The van der Waals surface area contributed by atoms with Crippen molar-refractivity contribution in [2.24, 2.45) is 0 Å². The number of hydrogen-bond acceptors (Lipinski definition) is 0. The summed E-state index contributed by atoms with van der Waals surface area (Å²) in [5.41, 5.74) is 35.1. The van der Waals surface area contributed by atoms with Gasteiger partial charge in [-0.15, -0.1) is 0 Å². The van der Waals surface area contributed by atoms with E-state index in [0.29, 0.717) is 0 Å². The maximum Gasteiger partial charge on any atom is 0.0727 e. The fourth-order valence-corrected chi connectivity index (χ4v) is 21.1. The van der Waals surface area contributed by atoms with Crippen LogP contribution in [0.15, 0.2) is 400 Å². The first-order valence-electron chi connectivity index (χ1n) is 39.9. The third kappa shape index (κ3) is 8.50. The van der Waals surface area contributed by atoms with Crippen LogP contribution in [0.25, 0.3) is 209 Å². The molecular weight excluding hydrogens is 1390 g/mol. The molecule has 0 bridgehead atoms. The summed E-state index contributed by atoms with van der Waals surface area (Å²) in [4.78, 5) is 0. The molecule has 115 heavy (non-hydrogen) atoms. The first kappa shape index (κ1) is 62.5. The van der Waals surface area contributed by atoms with Gasteiger partial charge in [0.1, 0.15) is 0 Å². The molecule has 0 unspecified atom stereocenters. The average molecular weight is 1460 g/mol. The fourth-order valence-electron chi connectivity index (χ4n) is 21.1. The van der Waals surface area contributed by atoms with Crippen LogP contribution in [-0.4, -0.2) is 27.4 Å². The molecule has 0 fully saturated rings. The molecule has 0 aliphatic heterocycles. The Bertz CT molecular complexity index is 8040. The van der Waals surface area contributed by atoms with Gasteiger partial charge >= 0.3 is 0 Å². The number of benzene rings is 18. The summed E-state index contributed by atoms with van der Waals surface area (Å²) in [6, 6.07) is 151. The monoisotopic (exact) mass is 1460 g/mol. The van der Waals surface area contributed by atoms with Crippen molar-refractivity contribution < 1.29 is 0 Å². The highest BCUT2D eigenvalue weighted by Gasteiger charge is 2.53. The molecule has 26 rings (SSSR count). The van der Waals surface area contributed by atoms with E-state index in [-0.39, 0.29) is 0 Å². The summed E-state index contributed by atoms with van der Waals surface area (Å²) < 4.78 is 14.8. The zero-order valence-electron chi connectivity index (χ0n) is 62.3. The highest BCUT2D eigenvalue weighted by Crippen LogP contribution is 2.65. The Balaban J connectivity index is 0.614. The van der Waals surface area contributed by atoms with Crippen LogP contribution < -0.4 is 0 Å². The minimum absolute atomic E-state index is 0.693. The van der Waals surface area contributed by atoms with Gasteiger partial charge in [0.2, 0.25) is 0 Å². The van der Waals surface area contributed by atoms with E-state index in [4.69, 9.17) is 0 Å². The highest BCUT2D eigenvalue weighted by atomic mass is 15.0. The van der Waals surface area contributed by atoms with Crippen LogP contribution in [0.3, 0.4) is 0 Å². The molecule has 6 heteroatoms. The van der Waals surface area contributed by atoms with Crippen LogP contribution in [0.1, 0.15) is 22.3 Å². The lowest BCUT2D eigenvalue weighted by Gasteiger charge is -2.31. The molecule has 1 spiro atoms. The number of para-hydroxylation sites is 9. The molecule has 0 N–H and O–H groups in total. The molecule has 6 nitrogen and oxygen atoms in total. The summed E-state index contributed by atoms with van der Waals surface area (Å²) in [7, 11) is 0. The second-order valence-electron chi connectivity index (χ2n) is 31.4. The summed E-state index contributed by atoms with van der Waals surface area (Å²) in [5, 5.41) is 14.8. The highest BCUT2D eigenvalue weighted by molar-refractivity contribution is 6.17. The second kappa shape index (κ2) is 23.4. The lowest BCUT2D eigenvalue weighted by molar-refractivity contribution is 0.791. The molecule has 0 saturated heterocycles. The Labute approximate surface area is 660 Å². The van der Waals surface area contributed by atoms with E-state index in [1.807, 2.05) is 0 Å². The van der Waals surface area contributed by atoms with Crippen molar-refractivity contribution in [3.05, 3.63) is 423 Å². The van der Waals surface area contributed by atoms with Gasteiger partial charge in [-0.25, -0.2) is 0 Å². The largest absolute Gasteiger partial charge is 0.309 e. The smallest absolute Gasteiger partial charge is 0.0727 e. The van der Waals surface area contributed by atoms with Crippen molar-refractivity contribution in [2.45, 2.75) is 5.41 Å². The molecule has 6 aromatic heterocycles. The van der Waals surface area contributed by atoms with Crippen LogP contribution in [-0.2, 0) is 5.41 Å². The van der Waals surface area contributed by atoms with Crippen LogP contribution in [0.5, 0.6) is 0 Å². The van der Waals surface area contributed by atoms with Crippen molar-refractivity contribution in [1.82, 2.24) is 27.4 Å². The van der Waals surface area contributed by atoms with Crippen LogP contribution >= 0.6 is 0 Å². The van der Waals surface area contributed by atoms with Gasteiger partial charge in [0, 0.05) is 98.8 Å².